The zero-order valence-electron chi connectivity index (χ0n) is 8.73. The molecule has 0 aliphatic carbocycles. The van der Waals surface area contributed by atoms with E-state index in [9.17, 15) is 8.78 Å². The van der Waals surface area contributed by atoms with Crippen molar-refractivity contribution < 1.29 is 13.5 Å². The maximum atomic E-state index is 13.3. The SMILES string of the molecule is NCc1cncc(Oc2cccc(F)c2F)n1. The summed E-state index contributed by atoms with van der Waals surface area (Å²) in [7, 11) is 0. The third-order valence-corrected chi connectivity index (χ3v) is 2.00. The molecule has 88 valence electrons. The molecule has 0 radical (unpaired) electrons. The predicted octanol–water partition coefficient (Wildman–Crippen LogP) is 2.01. The molecule has 6 heteroatoms. The summed E-state index contributed by atoms with van der Waals surface area (Å²) in [5, 5.41) is 0. The average molecular weight is 237 g/mol. The zero-order valence-corrected chi connectivity index (χ0v) is 8.73. The van der Waals surface area contributed by atoms with E-state index in [-0.39, 0.29) is 18.2 Å². The van der Waals surface area contributed by atoms with Gasteiger partial charge < -0.3 is 10.5 Å². The Hall–Kier alpha value is -2.08. The number of nitrogens with two attached hydrogens (primary N) is 1. The Balaban J connectivity index is 2.28. The van der Waals surface area contributed by atoms with Gasteiger partial charge in [-0.1, -0.05) is 6.07 Å². The van der Waals surface area contributed by atoms with Crippen LogP contribution in [0.4, 0.5) is 8.78 Å². The molecule has 0 aliphatic heterocycles. The molecule has 0 unspecified atom stereocenters. The molecule has 0 bridgehead atoms. The summed E-state index contributed by atoms with van der Waals surface area (Å²) >= 11 is 0. The summed E-state index contributed by atoms with van der Waals surface area (Å²) < 4.78 is 31.3. The molecule has 17 heavy (non-hydrogen) atoms. The molecule has 0 saturated carbocycles. The van der Waals surface area contributed by atoms with Crippen LogP contribution in [0, 0.1) is 11.6 Å². The van der Waals surface area contributed by atoms with Crippen molar-refractivity contribution in [1.82, 2.24) is 9.97 Å². The third-order valence-electron chi connectivity index (χ3n) is 2.00. The van der Waals surface area contributed by atoms with Crippen LogP contribution in [0.5, 0.6) is 11.6 Å². The van der Waals surface area contributed by atoms with Gasteiger partial charge in [0.2, 0.25) is 11.7 Å². The van der Waals surface area contributed by atoms with Gasteiger partial charge in [-0.15, -0.1) is 0 Å². The highest BCUT2D eigenvalue weighted by atomic mass is 19.2. The summed E-state index contributed by atoms with van der Waals surface area (Å²) in [5.74, 6) is -2.22. The van der Waals surface area contributed by atoms with Crippen LogP contribution in [0.1, 0.15) is 5.69 Å². The largest absolute Gasteiger partial charge is 0.434 e. The molecule has 1 aromatic carbocycles. The van der Waals surface area contributed by atoms with Gasteiger partial charge in [-0.3, -0.25) is 4.98 Å². The Bertz CT molecular complexity index is 534. The molecule has 0 atom stereocenters. The van der Waals surface area contributed by atoms with Crippen LogP contribution in [-0.4, -0.2) is 9.97 Å². The number of nitrogens with zero attached hydrogens (tertiary/aromatic N) is 2. The topological polar surface area (TPSA) is 61.0 Å². The molecule has 2 rings (SSSR count). The highest BCUT2D eigenvalue weighted by Crippen LogP contribution is 2.23. The second-order valence-corrected chi connectivity index (χ2v) is 3.21. The van der Waals surface area contributed by atoms with Crippen LogP contribution in [0.15, 0.2) is 30.6 Å². The zero-order chi connectivity index (χ0) is 12.3. The van der Waals surface area contributed by atoms with Gasteiger partial charge in [0, 0.05) is 12.7 Å². The van der Waals surface area contributed by atoms with E-state index >= 15 is 0 Å². The van der Waals surface area contributed by atoms with Gasteiger partial charge in [0.05, 0.1) is 11.9 Å². The van der Waals surface area contributed by atoms with Gasteiger partial charge in [0.1, 0.15) is 0 Å². The van der Waals surface area contributed by atoms with Crippen molar-refractivity contribution in [3.63, 3.8) is 0 Å². The lowest BCUT2D eigenvalue weighted by atomic mass is 10.3. The van der Waals surface area contributed by atoms with Crippen molar-refractivity contribution in [2.24, 2.45) is 5.73 Å². The van der Waals surface area contributed by atoms with E-state index in [1.165, 1.54) is 24.5 Å². The summed E-state index contributed by atoms with van der Waals surface area (Å²) in [6.45, 7) is 0.190. The molecule has 0 spiro atoms. The summed E-state index contributed by atoms with van der Waals surface area (Å²) in [6.07, 6.45) is 2.76. The van der Waals surface area contributed by atoms with E-state index < -0.39 is 11.6 Å². The van der Waals surface area contributed by atoms with Crippen LogP contribution in [-0.2, 0) is 6.54 Å². The molecule has 1 heterocycles. The highest BCUT2D eigenvalue weighted by Gasteiger charge is 2.10. The van der Waals surface area contributed by atoms with Gasteiger partial charge in [-0.2, -0.15) is 4.39 Å². The molecule has 0 fully saturated rings. The molecule has 2 aromatic rings. The molecule has 4 nitrogen and oxygen atoms in total. The van der Waals surface area contributed by atoms with E-state index in [0.717, 1.165) is 6.07 Å². The van der Waals surface area contributed by atoms with Crippen LogP contribution in [0.25, 0.3) is 0 Å². The molecule has 0 aliphatic rings. The van der Waals surface area contributed by atoms with Gasteiger partial charge >= 0.3 is 0 Å². The van der Waals surface area contributed by atoms with Crippen molar-refractivity contribution >= 4 is 0 Å². The van der Waals surface area contributed by atoms with Gasteiger partial charge in [-0.05, 0) is 12.1 Å². The first-order valence-corrected chi connectivity index (χ1v) is 4.83. The van der Waals surface area contributed by atoms with Crippen molar-refractivity contribution in [1.29, 1.82) is 0 Å². The van der Waals surface area contributed by atoms with E-state index in [4.69, 9.17) is 10.5 Å². The van der Waals surface area contributed by atoms with E-state index in [0.29, 0.717) is 5.69 Å². The number of aromatic nitrogens is 2. The summed E-state index contributed by atoms with van der Waals surface area (Å²) in [6, 6.07) is 3.65. The lowest BCUT2D eigenvalue weighted by Gasteiger charge is -2.06. The number of rotatable bonds is 3. The summed E-state index contributed by atoms with van der Waals surface area (Å²) in [5.41, 5.74) is 5.87. The van der Waals surface area contributed by atoms with Gasteiger partial charge in [0.15, 0.2) is 11.6 Å². The molecule has 0 amide bonds. The fraction of sp³-hybridized carbons (Fsp3) is 0.0909. The molecule has 2 N–H and O–H groups in total. The van der Waals surface area contributed by atoms with Crippen LogP contribution >= 0.6 is 0 Å². The molecular formula is C11H9F2N3O. The Labute approximate surface area is 96.1 Å². The molecule has 0 saturated heterocycles. The smallest absolute Gasteiger partial charge is 0.238 e. The maximum absolute atomic E-state index is 13.3. The Morgan fingerprint density at radius 3 is 2.82 bits per heavy atom. The van der Waals surface area contributed by atoms with Crippen LogP contribution in [0.2, 0.25) is 0 Å². The second kappa shape index (κ2) is 4.84. The predicted molar refractivity (Wildman–Crippen MR) is 56.4 cm³/mol. The number of benzene rings is 1. The second-order valence-electron chi connectivity index (χ2n) is 3.21. The minimum atomic E-state index is -1.06. The van der Waals surface area contributed by atoms with E-state index in [1.807, 2.05) is 0 Å². The average Bonchev–Trinajstić information content (AvgIpc) is 2.35. The minimum Gasteiger partial charge on any atom is -0.434 e. The van der Waals surface area contributed by atoms with E-state index in [1.54, 1.807) is 0 Å². The van der Waals surface area contributed by atoms with Gasteiger partial charge in [0.25, 0.3) is 0 Å². The fourth-order valence-corrected chi connectivity index (χ4v) is 1.21. The number of halogens is 2. The maximum Gasteiger partial charge on any atom is 0.238 e. The highest BCUT2D eigenvalue weighted by molar-refractivity contribution is 5.28. The first-order valence-electron chi connectivity index (χ1n) is 4.83. The Morgan fingerprint density at radius 1 is 1.24 bits per heavy atom. The first-order chi connectivity index (χ1) is 8.20. The molecule has 1 aromatic heterocycles. The van der Waals surface area contributed by atoms with Crippen molar-refractivity contribution in [2.75, 3.05) is 0 Å². The quantitative estimate of drug-likeness (QED) is 0.886. The number of hydrogen-bond acceptors (Lipinski definition) is 4. The monoisotopic (exact) mass is 237 g/mol. The lowest BCUT2D eigenvalue weighted by molar-refractivity contribution is 0.403. The minimum absolute atomic E-state index is 0.0671. The van der Waals surface area contributed by atoms with Crippen molar-refractivity contribution in [3.05, 3.63) is 47.9 Å². The Morgan fingerprint density at radius 2 is 2.06 bits per heavy atom. The molecular weight excluding hydrogens is 228 g/mol. The number of hydrogen-bond donors (Lipinski definition) is 1. The standard InChI is InChI=1S/C11H9F2N3O/c12-8-2-1-3-9(11(8)13)17-10-6-15-5-7(4-14)16-10/h1-3,5-6H,4,14H2. The fourth-order valence-electron chi connectivity index (χ4n) is 1.21. The lowest BCUT2D eigenvalue weighted by Crippen LogP contribution is -2.02. The summed E-state index contributed by atoms with van der Waals surface area (Å²) in [4.78, 5) is 7.78. The van der Waals surface area contributed by atoms with Crippen molar-refractivity contribution in [2.45, 2.75) is 6.54 Å². The Kier molecular flexibility index (Phi) is 3.24. The van der Waals surface area contributed by atoms with Crippen molar-refractivity contribution in [3.8, 4) is 11.6 Å². The third kappa shape index (κ3) is 2.54. The van der Waals surface area contributed by atoms with Crippen LogP contribution < -0.4 is 10.5 Å². The van der Waals surface area contributed by atoms with Crippen LogP contribution in [0.3, 0.4) is 0 Å². The normalized spacial score (nSPS) is 10.3. The first kappa shape index (κ1) is 11.4. The van der Waals surface area contributed by atoms with E-state index in [2.05, 4.69) is 9.97 Å². The number of ether oxygens (including phenoxy) is 1. The van der Waals surface area contributed by atoms with Gasteiger partial charge in [-0.25, -0.2) is 9.37 Å².